The van der Waals surface area contributed by atoms with Crippen LogP contribution in [-0.2, 0) is 16.0 Å². The lowest BCUT2D eigenvalue weighted by Crippen LogP contribution is -2.05. The van der Waals surface area contributed by atoms with Crippen molar-refractivity contribution in [3.63, 3.8) is 0 Å². The van der Waals surface area contributed by atoms with E-state index in [1.54, 1.807) is 13.1 Å². The SMILES string of the molecule is CCOC(=O)CCc1cncc(F)c1. The average molecular weight is 197 g/mol. The van der Waals surface area contributed by atoms with Gasteiger partial charge in [-0.3, -0.25) is 9.78 Å². The molecule has 76 valence electrons. The molecular formula is C10H12FNO2. The van der Waals surface area contributed by atoms with Crippen LogP contribution in [0.25, 0.3) is 0 Å². The molecule has 0 saturated heterocycles. The highest BCUT2D eigenvalue weighted by Gasteiger charge is 2.03. The number of aryl methyl sites for hydroxylation is 1. The summed E-state index contributed by atoms with van der Waals surface area (Å²) < 4.78 is 17.4. The van der Waals surface area contributed by atoms with Gasteiger partial charge in [-0.15, -0.1) is 0 Å². The maximum Gasteiger partial charge on any atom is 0.306 e. The summed E-state index contributed by atoms with van der Waals surface area (Å²) in [6.45, 7) is 2.13. The second kappa shape index (κ2) is 5.32. The monoisotopic (exact) mass is 197 g/mol. The molecule has 0 atom stereocenters. The van der Waals surface area contributed by atoms with E-state index in [0.29, 0.717) is 18.6 Å². The first-order valence-electron chi connectivity index (χ1n) is 4.47. The smallest absolute Gasteiger partial charge is 0.306 e. The van der Waals surface area contributed by atoms with Crippen molar-refractivity contribution in [1.29, 1.82) is 0 Å². The summed E-state index contributed by atoms with van der Waals surface area (Å²) in [7, 11) is 0. The molecule has 0 unspecified atom stereocenters. The number of hydrogen-bond acceptors (Lipinski definition) is 3. The molecular weight excluding hydrogens is 185 g/mol. The van der Waals surface area contributed by atoms with Crippen LogP contribution >= 0.6 is 0 Å². The van der Waals surface area contributed by atoms with E-state index in [2.05, 4.69) is 4.98 Å². The van der Waals surface area contributed by atoms with Gasteiger partial charge >= 0.3 is 5.97 Å². The van der Waals surface area contributed by atoms with Gasteiger partial charge in [-0.25, -0.2) is 4.39 Å². The second-order valence-electron chi connectivity index (χ2n) is 2.82. The molecule has 0 radical (unpaired) electrons. The molecule has 14 heavy (non-hydrogen) atoms. The Bertz CT molecular complexity index is 315. The van der Waals surface area contributed by atoms with E-state index in [1.165, 1.54) is 6.07 Å². The van der Waals surface area contributed by atoms with Crippen LogP contribution in [0.15, 0.2) is 18.5 Å². The Morgan fingerprint density at radius 2 is 2.36 bits per heavy atom. The average Bonchev–Trinajstić information content (AvgIpc) is 2.15. The third-order valence-electron chi connectivity index (χ3n) is 1.68. The maximum absolute atomic E-state index is 12.7. The van der Waals surface area contributed by atoms with Crippen molar-refractivity contribution >= 4 is 5.97 Å². The molecule has 0 aliphatic heterocycles. The standard InChI is InChI=1S/C10H12FNO2/c1-2-14-10(13)4-3-8-5-9(11)7-12-6-8/h5-7H,2-4H2,1H3. The summed E-state index contributed by atoms with van der Waals surface area (Å²) in [4.78, 5) is 14.6. The number of carbonyl (C=O) groups excluding carboxylic acids is 1. The molecule has 0 amide bonds. The number of nitrogens with zero attached hydrogens (tertiary/aromatic N) is 1. The van der Waals surface area contributed by atoms with E-state index < -0.39 is 0 Å². The second-order valence-corrected chi connectivity index (χ2v) is 2.82. The highest BCUT2D eigenvalue weighted by Crippen LogP contribution is 2.04. The minimum absolute atomic E-state index is 0.263. The summed E-state index contributed by atoms with van der Waals surface area (Å²) in [6.07, 6.45) is 3.40. The topological polar surface area (TPSA) is 39.2 Å². The Hall–Kier alpha value is -1.45. The van der Waals surface area contributed by atoms with Gasteiger partial charge in [0, 0.05) is 12.6 Å². The van der Waals surface area contributed by atoms with Gasteiger partial charge < -0.3 is 4.74 Å². The van der Waals surface area contributed by atoms with Gasteiger partial charge in [0.15, 0.2) is 0 Å². The van der Waals surface area contributed by atoms with Crippen molar-refractivity contribution in [2.75, 3.05) is 6.61 Å². The molecule has 1 aromatic rings. The molecule has 3 nitrogen and oxygen atoms in total. The highest BCUT2D eigenvalue weighted by molar-refractivity contribution is 5.69. The number of halogens is 1. The molecule has 0 aliphatic rings. The molecule has 0 fully saturated rings. The molecule has 1 heterocycles. The Morgan fingerprint density at radius 1 is 1.57 bits per heavy atom. The molecule has 0 aliphatic carbocycles. The van der Waals surface area contributed by atoms with Crippen molar-refractivity contribution in [1.82, 2.24) is 4.98 Å². The van der Waals surface area contributed by atoms with E-state index in [1.807, 2.05) is 0 Å². The maximum atomic E-state index is 12.7. The van der Waals surface area contributed by atoms with Gasteiger partial charge in [0.05, 0.1) is 12.8 Å². The number of aromatic nitrogens is 1. The number of carbonyl (C=O) groups is 1. The van der Waals surface area contributed by atoms with Crippen LogP contribution in [0.1, 0.15) is 18.9 Å². The van der Waals surface area contributed by atoms with Crippen LogP contribution < -0.4 is 0 Å². The summed E-state index contributed by atoms with van der Waals surface area (Å²) in [5, 5.41) is 0. The van der Waals surface area contributed by atoms with Crippen LogP contribution in [0, 0.1) is 5.82 Å². The lowest BCUT2D eigenvalue weighted by Gasteiger charge is -2.01. The zero-order chi connectivity index (χ0) is 10.4. The van der Waals surface area contributed by atoms with E-state index >= 15 is 0 Å². The number of rotatable bonds is 4. The Kier molecular flexibility index (Phi) is 4.04. The van der Waals surface area contributed by atoms with Crippen LogP contribution in [0.5, 0.6) is 0 Å². The van der Waals surface area contributed by atoms with Crippen molar-refractivity contribution in [2.24, 2.45) is 0 Å². The summed E-state index contributed by atoms with van der Waals surface area (Å²) in [5.74, 6) is -0.650. The van der Waals surface area contributed by atoms with Crippen molar-refractivity contribution in [2.45, 2.75) is 19.8 Å². The minimum Gasteiger partial charge on any atom is -0.466 e. The van der Waals surface area contributed by atoms with Gasteiger partial charge in [-0.05, 0) is 25.0 Å². The Balaban J connectivity index is 2.41. The number of esters is 1. The molecule has 0 spiro atoms. The number of pyridine rings is 1. The number of ether oxygens (including phenoxy) is 1. The fourth-order valence-corrected chi connectivity index (χ4v) is 1.07. The Labute approximate surface area is 81.9 Å². The predicted octanol–water partition coefficient (Wildman–Crippen LogP) is 1.72. The van der Waals surface area contributed by atoms with Crippen LogP contribution in [0.3, 0.4) is 0 Å². The molecule has 0 bridgehead atoms. The predicted molar refractivity (Wildman–Crippen MR) is 49.1 cm³/mol. The van der Waals surface area contributed by atoms with Gasteiger partial charge in [-0.2, -0.15) is 0 Å². The third kappa shape index (κ3) is 3.51. The lowest BCUT2D eigenvalue weighted by atomic mass is 10.1. The normalized spacial score (nSPS) is 9.86. The first-order chi connectivity index (χ1) is 6.72. The largest absolute Gasteiger partial charge is 0.466 e. The molecule has 1 aromatic heterocycles. The van der Waals surface area contributed by atoms with E-state index in [9.17, 15) is 9.18 Å². The van der Waals surface area contributed by atoms with Crippen molar-refractivity contribution in [3.05, 3.63) is 29.8 Å². The van der Waals surface area contributed by atoms with Crippen LogP contribution in [0.4, 0.5) is 4.39 Å². The third-order valence-corrected chi connectivity index (χ3v) is 1.68. The quantitative estimate of drug-likeness (QED) is 0.690. The lowest BCUT2D eigenvalue weighted by molar-refractivity contribution is -0.143. The molecule has 0 saturated carbocycles. The van der Waals surface area contributed by atoms with Crippen molar-refractivity contribution in [3.8, 4) is 0 Å². The van der Waals surface area contributed by atoms with E-state index in [-0.39, 0.29) is 18.2 Å². The van der Waals surface area contributed by atoms with Gasteiger partial charge in [0.2, 0.25) is 0 Å². The van der Waals surface area contributed by atoms with E-state index in [0.717, 1.165) is 6.20 Å². The fraction of sp³-hybridized carbons (Fsp3) is 0.400. The molecule has 0 N–H and O–H groups in total. The minimum atomic E-state index is -0.383. The van der Waals surface area contributed by atoms with Gasteiger partial charge in [0.1, 0.15) is 5.82 Å². The highest BCUT2D eigenvalue weighted by atomic mass is 19.1. The van der Waals surface area contributed by atoms with E-state index in [4.69, 9.17) is 4.74 Å². The van der Waals surface area contributed by atoms with Crippen LogP contribution in [0.2, 0.25) is 0 Å². The molecule has 4 heteroatoms. The zero-order valence-corrected chi connectivity index (χ0v) is 8.00. The Morgan fingerprint density at radius 3 is 3.00 bits per heavy atom. The summed E-state index contributed by atoms with van der Waals surface area (Å²) in [5.41, 5.74) is 0.707. The zero-order valence-electron chi connectivity index (χ0n) is 8.00. The van der Waals surface area contributed by atoms with Gasteiger partial charge in [-0.1, -0.05) is 0 Å². The first kappa shape index (κ1) is 10.6. The first-order valence-corrected chi connectivity index (χ1v) is 4.47. The van der Waals surface area contributed by atoms with Gasteiger partial charge in [0.25, 0.3) is 0 Å². The summed E-state index contributed by atoms with van der Waals surface area (Å²) in [6, 6.07) is 1.37. The van der Waals surface area contributed by atoms with Crippen LogP contribution in [-0.4, -0.2) is 17.6 Å². The molecule has 0 aromatic carbocycles. The fourth-order valence-electron chi connectivity index (χ4n) is 1.07. The van der Waals surface area contributed by atoms with Crippen molar-refractivity contribution < 1.29 is 13.9 Å². The summed E-state index contributed by atoms with van der Waals surface area (Å²) >= 11 is 0. The molecule has 1 rings (SSSR count). The number of hydrogen-bond donors (Lipinski definition) is 0.